The van der Waals surface area contributed by atoms with Crippen molar-refractivity contribution in [2.45, 2.75) is 26.2 Å². The molecule has 31 heavy (non-hydrogen) atoms. The molecular weight excluding hydrogens is 396 g/mol. The van der Waals surface area contributed by atoms with E-state index in [0.29, 0.717) is 30.0 Å². The highest BCUT2D eigenvalue weighted by molar-refractivity contribution is 5.92. The number of carbonyl (C=O) groups excluding carboxylic acids is 2. The van der Waals surface area contributed by atoms with Crippen LogP contribution in [0.5, 0.6) is 5.75 Å². The van der Waals surface area contributed by atoms with E-state index in [4.69, 9.17) is 9.47 Å². The highest BCUT2D eigenvalue weighted by Gasteiger charge is 2.23. The number of aromatic nitrogens is 3. The van der Waals surface area contributed by atoms with Crippen LogP contribution >= 0.6 is 0 Å². The molecule has 3 rings (SSSR count). The number of methoxy groups -OCH3 is 1. The highest BCUT2D eigenvalue weighted by atomic mass is 16.5. The molecule has 2 heterocycles. The maximum Gasteiger partial charge on any atom is 0.342 e. The summed E-state index contributed by atoms with van der Waals surface area (Å²) in [5.41, 5.74) is 2.08. The van der Waals surface area contributed by atoms with Crippen LogP contribution in [0.3, 0.4) is 0 Å². The Bertz CT molecular complexity index is 1010. The molecule has 0 bridgehead atoms. The first-order valence-electron chi connectivity index (χ1n) is 10.1. The molecule has 3 aromatic rings. The number of ether oxygens (including phenoxy) is 2. The quantitative estimate of drug-likeness (QED) is 0.533. The molecule has 0 spiro atoms. The summed E-state index contributed by atoms with van der Waals surface area (Å²) in [5.74, 6) is 0.458. The van der Waals surface area contributed by atoms with E-state index in [2.05, 4.69) is 15.4 Å². The molecule has 0 saturated carbocycles. The number of nitrogens with one attached hydrogen (secondary N) is 1. The van der Waals surface area contributed by atoms with Crippen LogP contribution in [0.15, 0.2) is 54.9 Å². The summed E-state index contributed by atoms with van der Waals surface area (Å²) < 4.78 is 12.0. The fourth-order valence-electron chi connectivity index (χ4n) is 3.13. The second-order valence-electron chi connectivity index (χ2n) is 7.22. The van der Waals surface area contributed by atoms with Gasteiger partial charge < -0.3 is 14.8 Å². The smallest absolute Gasteiger partial charge is 0.342 e. The van der Waals surface area contributed by atoms with Crippen LogP contribution in [0.4, 0.5) is 0 Å². The minimum atomic E-state index is -0.587. The van der Waals surface area contributed by atoms with E-state index in [1.807, 2.05) is 56.3 Å². The Kier molecular flexibility index (Phi) is 7.37. The Labute approximate surface area is 181 Å². The maximum absolute atomic E-state index is 12.6. The number of nitrogens with zero attached hydrogens (tertiary/aromatic N) is 3. The fourth-order valence-corrected chi connectivity index (χ4v) is 3.13. The van der Waals surface area contributed by atoms with Crippen LogP contribution in [-0.4, -0.2) is 46.9 Å². The molecule has 162 valence electrons. The standard InChI is InChI=1S/C23H26N4O4/c1-16(2)22-19(14-26-27(22)20-6-4-5-12-24-20)23(29)31-15-21(28)25-13-11-17-7-9-18(30-3)10-8-17/h4-10,12,14,16H,11,13,15H2,1-3H3,(H,25,28). The van der Waals surface area contributed by atoms with E-state index in [-0.39, 0.29) is 18.4 Å². The van der Waals surface area contributed by atoms with Crippen molar-refractivity contribution in [2.24, 2.45) is 0 Å². The fraction of sp³-hybridized carbons (Fsp3) is 0.304. The molecule has 0 saturated heterocycles. The normalized spacial score (nSPS) is 10.7. The van der Waals surface area contributed by atoms with Crippen LogP contribution < -0.4 is 10.1 Å². The van der Waals surface area contributed by atoms with Gasteiger partial charge in [-0.3, -0.25) is 4.79 Å². The number of benzene rings is 1. The Balaban J connectivity index is 1.54. The zero-order chi connectivity index (χ0) is 22.2. The third-order valence-corrected chi connectivity index (χ3v) is 4.67. The summed E-state index contributed by atoms with van der Waals surface area (Å²) in [6.07, 6.45) is 3.78. The summed E-state index contributed by atoms with van der Waals surface area (Å²) in [6, 6.07) is 13.1. The maximum atomic E-state index is 12.6. The van der Waals surface area contributed by atoms with Gasteiger partial charge in [0.1, 0.15) is 11.3 Å². The molecule has 1 amide bonds. The summed E-state index contributed by atoms with van der Waals surface area (Å²) in [6.45, 7) is 4.00. The van der Waals surface area contributed by atoms with Gasteiger partial charge in [0.05, 0.1) is 19.0 Å². The number of pyridine rings is 1. The predicted molar refractivity (Wildman–Crippen MR) is 115 cm³/mol. The van der Waals surface area contributed by atoms with E-state index in [1.165, 1.54) is 6.20 Å². The molecule has 2 aromatic heterocycles. The number of hydrogen-bond acceptors (Lipinski definition) is 6. The molecule has 0 aliphatic rings. The Morgan fingerprint density at radius 2 is 1.90 bits per heavy atom. The molecule has 8 nitrogen and oxygen atoms in total. The van der Waals surface area contributed by atoms with Crippen LogP contribution in [0.1, 0.15) is 41.4 Å². The lowest BCUT2D eigenvalue weighted by Gasteiger charge is -2.12. The Hall–Kier alpha value is -3.68. The second-order valence-corrected chi connectivity index (χ2v) is 7.22. The summed E-state index contributed by atoms with van der Waals surface area (Å²) >= 11 is 0. The number of amides is 1. The van der Waals surface area contributed by atoms with Gasteiger partial charge in [-0.05, 0) is 42.2 Å². The van der Waals surface area contributed by atoms with Crippen molar-refractivity contribution >= 4 is 11.9 Å². The van der Waals surface area contributed by atoms with Gasteiger partial charge in [0, 0.05) is 12.7 Å². The highest BCUT2D eigenvalue weighted by Crippen LogP contribution is 2.22. The lowest BCUT2D eigenvalue weighted by Crippen LogP contribution is -2.30. The molecule has 1 aromatic carbocycles. The molecule has 0 aliphatic carbocycles. The number of hydrogen-bond donors (Lipinski definition) is 1. The summed E-state index contributed by atoms with van der Waals surface area (Å²) in [5, 5.41) is 7.05. The molecule has 0 aliphatic heterocycles. The lowest BCUT2D eigenvalue weighted by molar-refractivity contribution is -0.124. The van der Waals surface area contributed by atoms with Gasteiger partial charge in [0.25, 0.3) is 5.91 Å². The third-order valence-electron chi connectivity index (χ3n) is 4.67. The molecule has 0 unspecified atom stereocenters. The largest absolute Gasteiger partial charge is 0.497 e. The SMILES string of the molecule is COc1ccc(CCNC(=O)COC(=O)c2cnn(-c3ccccn3)c2C(C)C)cc1. The number of carbonyl (C=O) groups is 2. The van der Waals surface area contributed by atoms with Crippen molar-refractivity contribution in [3.8, 4) is 11.6 Å². The first-order chi connectivity index (χ1) is 15.0. The summed E-state index contributed by atoms with van der Waals surface area (Å²) in [4.78, 5) is 28.9. The van der Waals surface area contributed by atoms with E-state index >= 15 is 0 Å². The van der Waals surface area contributed by atoms with Crippen molar-refractivity contribution in [1.29, 1.82) is 0 Å². The minimum absolute atomic E-state index is 0.00498. The van der Waals surface area contributed by atoms with Crippen LogP contribution in [-0.2, 0) is 16.0 Å². The molecule has 0 atom stereocenters. The van der Waals surface area contributed by atoms with Crippen LogP contribution in [0, 0.1) is 0 Å². The van der Waals surface area contributed by atoms with Crippen molar-refractivity contribution in [3.05, 3.63) is 71.7 Å². The first-order valence-corrected chi connectivity index (χ1v) is 10.1. The zero-order valence-electron chi connectivity index (χ0n) is 17.9. The molecule has 1 N–H and O–H groups in total. The predicted octanol–water partition coefficient (Wildman–Crippen LogP) is 2.92. The van der Waals surface area contributed by atoms with E-state index in [9.17, 15) is 9.59 Å². The van der Waals surface area contributed by atoms with Gasteiger partial charge in [-0.1, -0.05) is 32.0 Å². The van der Waals surface area contributed by atoms with Crippen molar-refractivity contribution in [3.63, 3.8) is 0 Å². The van der Waals surface area contributed by atoms with Crippen LogP contribution in [0.2, 0.25) is 0 Å². The van der Waals surface area contributed by atoms with Gasteiger partial charge in [-0.25, -0.2) is 14.5 Å². The molecular formula is C23H26N4O4. The Morgan fingerprint density at radius 3 is 2.55 bits per heavy atom. The van der Waals surface area contributed by atoms with Crippen LogP contribution in [0.25, 0.3) is 5.82 Å². The van der Waals surface area contributed by atoms with Gasteiger partial charge >= 0.3 is 5.97 Å². The average Bonchev–Trinajstić information content (AvgIpc) is 3.24. The number of rotatable bonds is 9. The molecule has 0 radical (unpaired) electrons. The monoisotopic (exact) mass is 422 g/mol. The zero-order valence-corrected chi connectivity index (χ0v) is 17.9. The average molecular weight is 422 g/mol. The molecule has 0 fully saturated rings. The third kappa shape index (κ3) is 5.69. The minimum Gasteiger partial charge on any atom is -0.497 e. The van der Waals surface area contributed by atoms with Gasteiger partial charge in [0.15, 0.2) is 12.4 Å². The second kappa shape index (κ2) is 10.4. The van der Waals surface area contributed by atoms with Gasteiger partial charge in [-0.2, -0.15) is 5.10 Å². The number of esters is 1. The topological polar surface area (TPSA) is 95.3 Å². The van der Waals surface area contributed by atoms with E-state index in [0.717, 1.165) is 11.3 Å². The molecule has 8 heteroatoms. The van der Waals surface area contributed by atoms with Crippen molar-refractivity contribution in [2.75, 3.05) is 20.3 Å². The van der Waals surface area contributed by atoms with Gasteiger partial charge in [0.2, 0.25) is 0 Å². The van der Waals surface area contributed by atoms with Crippen molar-refractivity contribution < 1.29 is 19.1 Å². The summed E-state index contributed by atoms with van der Waals surface area (Å²) in [7, 11) is 1.62. The Morgan fingerprint density at radius 1 is 1.13 bits per heavy atom. The van der Waals surface area contributed by atoms with E-state index < -0.39 is 5.97 Å². The van der Waals surface area contributed by atoms with Gasteiger partial charge in [-0.15, -0.1) is 0 Å². The lowest BCUT2D eigenvalue weighted by atomic mass is 10.1. The van der Waals surface area contributed by atoms with Crippen molar-refractivity contribution in [1.82, 2.24) is 20.1 Å². The first kappa shape index (κ1) is 22.0. The van der Waals surface area contributed by atoms with E-state index in [1.54, 1.807) is 18.0 Å².